The number of aryl methyl sites for hydroxylation is 2. The molecule has 2 nitrogen and oxygen atoms in total. The molecule has 0 saturated carbocycles. The Morgan fingerprint density at radius 2 is 2.00 bits per heavy atom. The molecular weight excluding hydrogens is 194 g/mol. The number of rotatable bonds is 1. The van der Waals surface area contributed by atoms with E-state index in [2.05, 4.69) is 6.92 Å². The van der Waals surface area contributed by atoms with Gasteiger partial charge in [-0.3, -0.25) is 4.79 Å². The second-order valence-electron chi connectivity index (χ2n) is 3.83. The predicted octanol–water partition coefficient (Wildman–Crippen LogP) is 2.60. The van der Waals surface area contributed by atoms with Gasteiger partial charge in [0, 0.05) is 22.8 Å². The number of hydrogen-bond donors (Lipinski definition) is 0. The molecule has 3 heteroatoms. The van der Waals surface area contributed by atoms with Gasteiger partial charge in [-0.15, -0.1) is 11.3 Å². The van der Waals surface area contributed by atoms with E-state index in [1.54, 1.807) is 11.3 Å². The third-order valence-electron chi connectivity index (χ3n) is 2.66. The molecule has 0 unspecified atom stereocenters. The third-order valence-corrected chi connectivity index (χ3v) is 3.63. The minimum atomic E-state index is 0.226. The summed E-state index contributed by atoms with van der Waals surface area (Å²) >= 11 is 1.71. The van der Waals surface area contributed by atoms with Crippen LogP contribution in [-0.4, -0.2) is 23.9 Å². The Kier molecular flexibility index (Phi) is 2.59. The van der Waals surface area contributed by atoms with E-state index < -0.39 is 0 Å². The van der Waals surface area contributed by atoms with Crippen LogP contribution in [0, 0.1) is 13.8 Å². The van der Waals surface area contributed by atoms with Gasteiger partial charge in [0.25, 0.3) is 5.91 Å². The zero-order valence-corrected chi connectivity index (χ0v) is 9.49. The highest BCUT2D eigenvalue weighted by Gasteiger charge is 2.21. The zero-order chi connectivity index (χ0) is 10.1. The van der Waals surface area contributed by atoms with E-state index in [1.807, 2.05) is 17.9 Å². The molecule has 1 amide bonds. The Labute approximate surface area is 88.5 Å². The van der Waals surface area contributed by atoms with Crippen LogP contribution in [0.4, 0.5) is 0 Å². The lowest BCUT2D eigenvalue weighted by atomic mass is 10.2. The molecule has 0 atom stereocenters. The number of nitrogens with zero attached hydrogens (tertiary/aromatic N) is 1. The molecule has 0 aromatic carbocycles. The van der Waals surface area contributed by atoms with Crippen LogP contribution < -0.4 is 0 Å². The first-order chi connectivity index (χ1) is 6.68. The van der Waals surface area contributed by atoms with Crippen LogP contribution in [0.2, 0.25) is 0 Å². The third kappa shape index (κ3) is 1.69. The van der Waals surface area contributed by atoms with Gasteiger partial charge >= 0.3 is 0 Å². The second-order valence-corrected chi connectivity index (χ2v) is 5.29. The van der Waals surface area contributed by atoms with Crippen molar-refractivity contribution in [3.05, 3.63) is 21.4 Å². The Morgan fingerprint density at radius 3 is 2.50 bits per heavy atom. The van der Waals surface area contributed by atoms with E-state index in [0.717, 1.165) is 36.4 Å². The average Bonchev–Trinajstić information content (AvgIpc) is 2.73. The van der Waals surface area contributed by atoms with Gasteiger partial charge in [0.1, 0.15) is 0 Å². The first-order valence-electron chi connectivity index (χ1n) is 5.05. The van der Waals surface area contributed by atoms with Gasteiger partial charge < -0.3 is 4.90 Å². The van der Waals surface area contributed by atoms with E-state index in [9.17, 15) is 4.79 Å². The SMILES string of the molecule is Cc1cc(C(=O)N2CCCC2)c(C)s1. The van der Waals surface area contributed by atoms with Crippen LogP contribution >= 0.6 is 11.3 Å². The quantitative estimate of drug-likeness (QED) is 0.696. The van der Waals surface area contributed by atoms with Crippen LogP contribution in [-0.2, 0) is 0 Å². The van der Waals surface area contributed by atoms with Crippen molar-refractivity contribution in [2.45, 2.75) is 26.7 Å². The van der Waals surface area contributed by atoms with Crippen molar-refractivity contribution in [1.82, 2.24) is 4.90 Å². The fourth-order valence-corrected chi connectivity index (χ4v) is 2.85. The summed E-state index contributed by atoms with van der Waals surface area (Å²) in [7, 11) is 0. The van der Waals surface area contributed by atoms with Gasteiger partial charge in [-0.1, -0.05) is 0 Å². The highest BCUT2D eigenvalue weighted by atomic mass is 32.1. The van der Waals surface area contributed by atoms with Crippen molar-refractivity contribution in [2.75, 3.05) is 13.1 Å². The minimum Gasteiger partial charge on any atom is -0.339 e. The second kappa shape index (κ2) is 3.73. The molecule has 0 spiro atoms. The number of carbonyl (C=O) groups excluding carboxylic acids is 1. The largest absolute Gasteiger partial charge is 0.339 e. The number of carbonyl (C=O) groups is 1. The summed E-state index contributed by atoms with van der Waals surface area (Å²) in [5.74, 6) is 0.226. The van der Waals surface area contributed by atoms with Crippen molar-refractivity contribution in [3.63, 3.8) is 0 Å². The molecule has 0 bridgehead atoms. The summed E-state index contributed by atoms with van der Waals surface area (Å²) in [5.41, 5.74) is 0.911. The average molecular weight is 209 g/mol. The zero-order valence-electron chi connectivity index (χ0n) is 8.67. The highest BCUT2D eigenvalue weighted by Crippen LogP contribution is 2.23. The van der Waals surface area contributed by atoms with Crippen LogP contribution in [0.1, 0.15) is 33.0 Å². The summed E-state index contributed by atoms with van der Waals surface area (Å²) in [4.78, 5) is 16.4. The fraction of sp³-hybridized carbons (Fsp3) is 0.545. The molecule has 1 fully saturated rings. The molecule has 2 heterocycles. The number of likely N-dealkylation sites (tertiary alicyclic amines) is 1. The molecule has 1 saturated heterocycles. The lowest BCUT2D eigenvalue weighted by Gasteiger charge is -2.14. The monoisotopic (exact) mass is 209 g/mol. The summed E-state index contributed by atoms with van der Waals surface area (Å²) in [5, 5.41) is 0. The van der Waals surface area contributed by atoms with Crippen molar-refractivity contribution in [3.8, 4) is 0 Å². The van der Waals surface area contributed by atoms with Crippen molar-refractivity contribution < 1.29 is 4.79 Å². The molecule has 0 aliphatic carbocycles. The summed E-state index contributed by atoms with van der Waals surface area (Å²) in [6.07, 6.45) is 2.32. The van der Waals surface area contributed by atoms with Gasteiger partial charge in [-0.25, -0.2) is 0 Å². The lowest BCUT2D eigenvalue weighted by molar-refractivity contribution is 0.0792. The molecule has 2 rings (SSSR count). The molecule has 14 heavy (non-hydrogen) atoms. The number of hydrogen-bond acceptors (Lipinski definition) is 2. The molecule has 1 aromatic heterocycles. The molecule has 1 aliphatic rings. The Bertz CT molecular complexity index is 350. The van der Waals surface area contributed by atoms with Crippen LogP contribution in [0.15, 0.2) is 6.07 Å². The lowest BCUT2D eigenvalue weighted by Crippen LogP contribution is -2.27. The van der Waals surface area contributed by atoms with Gasteiger partial charge in [0.05, 0.1) is 5.56 Å². The Morgan fingerprint density at radius 1 is 1.36 bits per heavy atom. The normalized spacial score (nSPS) is 16.3. The van der Waals surface area contributed by atoms with Crippen molar-refractivity contribution in [2.24, 2.45) is 0 Å². The smallest absolute Gasteiger partial charge is 0.254 e. The van der Waals surface area contributed by atoms with Gasteiger partial charge in [0.2, 0.25) is 0 Å². The first kappa shape index (κ1) is 9.71. The maximum absolute atomic E-state index is 12.0. The van der Waals surface area contributed by atoms with E-state index in [1.165, 1.54) is 4.88 Å². The van der Waals surface area contributed by atoms with Gasteiger partial charge in [-0.2, -0.15) is 0 Å². The number of amides is 1. The summed E-state index contributed by atoms with van der Waals surface area (Å²) in [6, 6.07) is 2.01. The molecule has 0 radical (unpaired) electrons. The maximum atomic E-state index is 12.0. The van der Waals surface area contributed by atoms with Crippen molar-refractivity contribution >= 4 is 17.2 Å². The van der Waals surface area contributed by atoms with Crippen molar-refractivity contribution in [1.29, 1.82) is 0 Å². The van der Waals surface area contributed by atoms with E-state index in [-0.39, 0.29) is 5.91 Å². The standard InChI is InChI=1S/C11H15NOS/c1-8-7-10(9(2)14-8)11(13)12-5-3-4-6-12/h7H,3-6H2,1-2H3. The topological polar surface area (TPSA) is 20.3 Å². The molecule has 0 N–H and O–H groups in total. The van der Waals surface area contributed by atoms with E-state index >= 15 is 0 Å². The molecule has 1 aliphatic heterocycles. The van der Waals surface area contributed by atoms with Crippen LogP contribution in [0.5, 0.6) is 0 Å². The maximum Gasteiger partial charge on any atom is 0.254 e. The van der Waals surface area contributed by atoms with Gasteiger partial charge in [-0.05, 0) is 32.8 Å². The predicted molar refractivity (Wildman–Crippen MR) is 58.9 cm³/mol. The van der Waals surface area contributed by atoms with Gasteiger partial charge in [0.15, 0.2) is 0 Å². The molecule has 1 aromatic rings. The fourth-order valence-electron chi connectivity index (χ4n) is 1.93. The van der Waals surface area contributed by atoms with E-state index in [0.29, 0.717) is 0 Å². The molecular formula is C11H15NOS. The summed E-state index contributed by atoms with van der Waals surface area (Å²) < 4.78 is 0. The Hall–Kier alpha value is -0.830. The highest BCUT2D eigenvalue weighted by molar-refractivity contribution is 7.12. The number of thiophene rings is 1. The molecule has 76 valence electrons. The van der Waals surface area contributed by atoms with Crippen LogP contribution in [0.3, 0.4) is 0 Å². The Balaban J connectivity index is 2.21. The summed E-state index contributed by atoms with van der Waals surface area (Å²) in [6.45, 7) is 5.96. The van der Waals surface area contributed by atoms with E-state index in [4.69, 9.17) is 0 Å². The van der Waals surface area contributed by atoms with Crippen LogP contribution in [0.25, 0.3) is 0 Å². The first-order valence-corrected chi connectivity index (χ1v) is 5.86. The minimum absolute atomic E-state index is 0.226.